The molecule has 0 aliphatic heterocycles. The molecule has 1 N–H and O–H groups in total. The van der Waals surface area contributed by atoms with Crippen molar-refractivity contribution in [2.45, 2.75) is 47.0 Å². The lowest BCUT2D eigenvalue weighted by Crippen LogP contribution is -2.26. The Hall–Kier alpha value is -0.430. The van der Waals surface area contributed by atoms with Crippen LogP contribution in [0, 0.1) is 3.57 Å². The third kappa shape index (κ3) is 5.16. The Balaban J connectivity index is 2.89. The summed E-state index contributed by atoms with van der Waals surface area (Å²) >= 11 is 2.36. The molecule has 0 radical (unpaired) electrons. The highest BCUT2D eigenvalue weighted by molar-refractivity contribution is 14.1. The molecule has 0 saturated carbocycles. The number of aryl methyl sites for hydroxylation is 1. The third-order valence-electron chi connectivity index (χ3n) is 3.34. The number of likely N-dealkylation sites (N-methyl/N-ethyl adjacent to an activating group) is 1. The third-order valence-corrected chi connectivity index (χ3v) is 4.48. The quantitative estimate of drug-likeness (QED) is 0.657. The first-order valence-corrected chi connectivity index (χ1v) is 8.75. The maximum absolute atomic E-state index is 4.76. The summed E-state index contributed by atoms with van der Waals surface area (Å²) in [4.78, 5) is 11.9. The predicted molar refractivity (Wildman–Crippen MR) is 94.4 cm³/mol. The number of nitrogens with one attached hydrogen (secondary N) is 1. The van der Waals surface area contributed by atoms with Gasteiger partial charge in [-0.3, -0.25) is 0 Å². The molecule has 0 fully saturated rings. The van der Waals surface area contributed by atoms with E-state index in [9.17, 15) is 0 Å². The highest BCUT2D eigenvalue weighted by Crippen LogP contribution is 2.20. The zero-order chi connectivity index (χ0) is 15.0. The molecule has 0 amide bonds. The lowest BCUT2D eigenvalue weighted by atomic mass is 10.2. The minimum absolute atomic E-state index is 0.897. The van der Waals surface area contributed by atoms with Gasteiger partial charge in [0.05, 0.1) is 9.26 Å². The molecular formula is C15H27IN4. The van der Waals surface area contributed by atoms with Gasteiger partial charge >= 0.3 is 0 Å². The van der Waals surface area contributed by atoms with Crippen molar-refractivity contribution < 1.29 is 0 Å². The van der Waals surface area contributed by atoms with E-state index in [4.69, 9.17) is 4.98 Å². The summed E-state index contributed by atoms with van der Waals surface area (Å²) in [6.45, 7) is 12.8. The highest BCUT2D eigenvalue weighted by atomic mass is 127. The monoisotopic (exact) mass is 390 g/mol. The molecule has 0 aromatic carbocycles. The Morgan fingerprint density at radius 3 is 2.30 bits per heavy atom. The topological polar surface area (TPSA) is 41.1 Å². The molecule has 0 aliphatic carbocycles. The first kappa shape index (κ1) is 17.6. The van der Waals surface area contributed by atoms with E-state index in [-0.39, 0.29) is 0 Å². The van der Waals surface area contributed by atoms with Gasteiger partial charge in [0.2, 0.25) is 0 Å². The largest absolute Gasteiger partial charge is 0.369 e. The number of halogens is 1. The van der Waals surface area contributed by atoms with Crippen LogP contribution in [-0.2, 0) is 12.8 Å². The summed E-state index contributed by atoms with van der Waals surface area (Å²) in [6, 6.07) is 0. The lowest BCUT2D eigenvalue weighted by molar-refractivity contribution is 0.305. The lowest BCUT2D eigenvalue weighted by Gasteiger charge is -2.18. The molecule has 0 unspecified atom stereocenters. The van der Waals surface area contributed by atoms with Crippen molar-refractivity contribution >= 4 is 28.4 Å². The van der Waals surface area contributed by atoms with E-state index in [0.29, 0.717) is 0 Å². The van der Waals surface area contributed by atoms with Crippen LogP contribution in [0.1, 0.15) is 45.6 Å². The minimum Gasteiger partial charge on any atom is -0.369 e. The van der Waals surface area contributed by atoms with Crippen LogP contribution in [0.2, 0.25) is 0 Å². The van der Waals surface area contributed by atoms with Crippen LogP contribution in [-0.4, -0.2) is 41.0 Å². The Labute approximate surface area is 136 Å². The molecule has 1 rings (SSSR count). The van der Waals surface area contributed by atoms with E-state index in [0.717, 1.165) is 57.1 Å². The number of anilines is 1. The first-order chi connectivity index (χ1) is 9.65. The summed E-state index contributed by atoms with van der Waals surface area (Å²) in [5.74, 6) is 1.97. The molecule has 0 atom stereocenters. The van der Waals surface area contributed by atoms with Crippen LogP contribution in [0.25, 0.3) is 0 Å². The fourth-order valence-electron chi connectivity index (χ4n) is 2.14. The van der Waals surface area contributed by atoms with Crippen molar-refractivity contribution in [2.75, 3.05) is 31.5 Å². The van der Waals surface area contributed by atoms with Gasteiger partial charge < -0.3 is 10.2 Å². The molecule has 1 aromatic heterocycles. The van der Waals surface area contributed by atoms with Crippen molar-refractivity contribution in [1.82, 2.24) is 14.9 Å². The van der Waals surface area contributed by atoms with Crippen LogP contribution in [0.3, 0.4) is 0 Å². The van der Waals surface area contributed by atoms with Crippen LogP contribution >= 0.6 is 22.6 Å². The average Bonchev–Trinajstić information content (AvgIpc) is 2.45. The normalized spacial score (nSPS) is 11.1. The second-order valence-electron chi connectivity index (χ2n) is 4.81. The second kappa shape index (κ2) is 9.50. The summed E-state index contributed by atoms with van der Waals surface area (Å²) in [5.41, 5.74) is 1.19. The summed E-state index contributed by atoms with van der Waals surface area (Å²) in [5, 5.41) is 3.36. The van der Waals surface area contributed by atoms with Gasteiger partial charge in [-0.2, -0.15) is 0 Å². The van der Waals surface area contributed by atoms with Gasteiger partial charge in [-0.25, -0.2) is 9.97 Å². The smallest absolute Gasteiger partial charge is 0.143 e. The molecule has 0 saturated heterocycles. The fraction of sp³-hybridized carbons (Fsp3) is 0.733. The number of rotatable bonds is 9. The summed E-state index contributed by atoms with van der Waals surface area (Å²) < 4.78 is 1.18. The van der Waals surface area contributed by atoms with Crippen LogP contribution in [0.4, 0.5) is 5.82 Å². The molecule has 20 heavy (non-hydrogen) atoms. The van der Waals surface area contributed by atoms with Crippen molar-refractivity contribution in [3.63, 3.8) is 0 Å². The Morgan fingerprint density at radius 2 is 1.75 bits per heavy atom. The van der Waals surface area contributed by atoms with E-state index < -0.39 is 0 Å². The fourth-order valence-corrected chi connectivity index (χ4v) is 2.84. The number of hydrogen-bond acceptors (Lipinski definition) is 4. The average molecular weight is 390 g/mol. The van der Waals surface area contributed by atoms with Gasteiger partial charge in [-0.1, -0.05) is 27.2 Å². The van der Waals surface area contributed by atoms with E-state index in [1.54, 1.807) is 0 Å². The van der Waals surface area contributed by atoms with Crippen LogP contribution in [0.5, 0.6) is 0 Å². The number of hydrogen-bond donors (Lipinski definition) is 1. The molecule has 1 aromatic rings. The Morgan fingerprint density at radius 1 is 1.05 bits per heavy atom. The van der Waals surface area contributed by atoms with Crippen molar-refractivity contribution in [1.29, 1.82) is 0 Å². The molecule has 5 heteroatoms. The molecule has 4 nitrogen and oxygen atoms in total. The molecule has 1 heterocycles. The van der Waals surface area contributed by atoms with Gasteiger partial charge in [0.15, 0.2) is 0 Å². The standard InChI is InChI=1S/C15H27IN4/c1-5-9-12-14(16)15(17-6-2)19-13(18-12)10-11-20(7-3)8-4/h5-11H2,1-4H3,(H,17,18,19). The van der Waals surface area contributed by atoms with E-state index >= 15 is 0 Å². The minimum atomic E-state index is 0.897. The summed E-state index contributed by atoms with van der Waals surface area (Å²) in [7, 11) is 0. The van der Waals surface area contributed by atoms with E-state index in [2.05, 4.69) is 65.5 Å². The van der Waals surface area contributed by atoms with Gasteiger partial charge in [-0.05, 0) is 49.0 Å². The van der Waals surface area contributed by atoms with Gasteiger partial charge in [-0.15, -0.1) is 0 Å². The predicted octanol–water partition coefficient (Wildman–Crippen LogP) is 3.35. The zero-order valence-electron chi connectivity index (χ0n) is 13.2. The first-order valence-electron chi connectivity index (χ1n) is 7.67. The molecule has 114 valence electrons. The zero-order valence-corrected chi connectivity index (χ0v) is 15.3. The molecule has 0 spiro atoms. The van der Waals surface area contributed by atoms with Gasteiger partial charge in [0.25, 0.3) is 0 Å². The molecule has 0 aliphatic rings. The Bertz CT molecular complexity index is 378. The SMILES string of the molecule is CCCc1nc(CCN(CC)CC)nc(NCC)c1I. The van der Waals surface area contributed by atoms with Gasteiger partial charge in [0.1, 0.15) is 11.6 Å². The van der Waals surface area contributed by atoms with Crippen LogP contribution < -0.4 is 5.32 Å². The van der Waals surface area contributed by atoms with Crippen molar-refractivity contribution in [2.24, 2.45) is 0 Å². The van der Waals surface area contributed by atoms with E-state index in [1.807, 2.05) is 0 Å². The van der Waals surface area contributed by atoms with E-state index in [1.165, 1.54) is 9.26 Å². The van der Waals surface area contributed by atoms with Crippen LogP contribution in [0.15, 0.2) is 0 Å². The Kier molecular flexibility index (Phi) is 8.37. The summed E-state index contributed by atoms with van der Waals surface area (Å²) in [6.07, 6.45) is 3.07. The molecular weight excluding hydrogens is 363 g/mol. The van der Waals surface area contributed by atoms with Gasteiger partial charge in [0, 0.05) is 19.5 Å². The molecule has 0 bridgehead atoms. The van der Waals surface area contributed by atoms with Crippen molar-refractivity contribution in [3.05, 3.63) is 15.1 Å². The maximum atomic E-state index is 4.76. The number of aromatic nitrogens is 2. The second-order valence-corrected chi connectivity index (χ2v) is 5.89. The highest BCUT2D eigenvalue weighted by Gasteiger charge is 2.12. The van der Waals surface area contributed by atoms with Crippen molar-refractivity contribution in [3.8, 4) is 0 Å². The number of nitrogens with zero attached hydrogens (tertiary/aromatic N) is 3. The maximum Gasteiger partial charge on any atom is 0.143 e.